The highest BCUT2D eigenvalue weighted by molar-refractivity contribution is 8.14. The fourth-order valence-electron chi connectivity index (χ4n) is 6.84. The number of rotatable bonds is 19. The normalized spacial score (nSPS) is 16.6. The van der Waals surface area contributed by atoms with Crippen LogP contribution in [0.1, 0.15) is 88.2 Å². The molecule has 5 rings (SSSR count). The highest BCUT2D eigenvalue weighted by Crippen LogP contribution is 2.48. The molecule has 1 aromatic heterocycles. The van der Waals surface area contributed by atoms with E-state index < -0.39 is 39.9 Å². The number of esters is 1. The van der Waals surface area contributed by atoms with Gasteiger partial charge in [0.2, 0.25) is 5.91 Å². The second-order valence-electron chi connectivity index (χ2n) is 16.2. The Morgan fingerprint density at radius 3 is 2.02 bits per heavy atom. The van der Waals surface area contributed by atoms with E-state index in [0.717, 1.165) is 5.75 Å². The minimum atomic E-state index is -1.12. The number of aliphatic imine (C=N–C) groups is 1. The van der Waals surface area contributed by atoms with Gasteiger partial charge in [-0.2, -0.15) is 0 Å². The van der Waals surface area contributed by atoms with Gasteiger partial charge in [0.15, 0.2) is 5.78 Å². The van der Waals surface area contributed by atoms with Crippen molar-refractivity contribution in [3.05, 3.63) is 136 Å². The minimum Gasteiger partial charge on any atom is -0.469 e. The van der Waals surface area contributed by atoms with Crippen molar-refractivity contribution in [2.75, 3.05) is 18.6 Å². The number of carbonyl (C=O) groups excluding carboxylic acids is 4. The Morgan fingerprint density at radius 2 is 1.48 bits per heavy atom. The summed E-state index contributed by atoms with van der Waals surface area (Å²) in [5, 5.41) is 8.87. The average Bonchev–Trinajstić information content (AvgIpc) is 3.88. The summed E-state index contributed by atoms with van der Waals surface area (Å²) in [5.41, 5.74) is 2.44. The second kappa shape index (κ2) is 21.2. The van der Waals surface area contributed by atoms with E-state index in [9.17, 15) is 19.2 Å². The number of hydrogen-bond donors (Lipinski definition) is 2. The maximum atomic E-state index is 14.0. The van der Waals surface area contributed by atoms with Gasteiger partial charge >= 0.3 is 12.1 Å². The molecule has 0 fully saturated rings. The Labute approximate surface area is 366 Å². The number of hydrogen-bond acceptors (Lipinski definition) is 11. The molecule has 13 heteroatoms. The van der Waals surface area contributed by atoms with Crippen molar-refractivity contribution in [3.8, 4) is 0 Å². The summed E-state index contributed by atoms with van der Waals surface area (Å²) in [6, 6.07) is 30.8. The lowest BCUT2D eigenvalue weighted by molar-refractivity contribution is -0.141. The van der Waals surface area contributed by atoms with E-state index in [1.54, 1.807) is 27.7 Å². The number of benzene rings is 3. The van der Waals surface area contributed by atoms with Gasteiger partial charge in [0, 0.05) is 17.6 Å². The zero-order valence-electron chi connectivity index (χ0n) is 35.4. The summed E-state index contributed by atoms with van der Waals surface area (Å²) in [6.45, 7) is 11.1. The fourth-order valence-corrected chi connectivity index (χ4v) is 10.2. The number of methoxy groups -OCH3 is 1. The third kappa shape index (κ3) is 12.4. The van der Waals surface area contributed by atoms with Gasteiger partial charge in [-0.1, -0.05) is 117 Å². The Balaban J connectivity index is 1.24. The van der Waals surface area contributed by atoms with Crippen LogP contribution in [0.25, 0.3) is 0 Å². The first kappa shape index (κ1) is 46.3. The highest BCUT2D eigenvalue weighted by Gasteiger charge is 2.41. The van der Waals surface area contributed by atoms with Gasteiger partial charge in [-0.3, -0.25) is 19.4 Å². The van der Waals surface area contributed by atoms with Gasteiger partial charge in [0.05, 0.1) is 30.9 Å². The molecular weight excluding hydrogens is 813 g/mol. The maximum Gasteiger partial charge on any atom is 0.408 e. The number of amides is 2. The molecule has 3 atom stereocenters. The Kier molecular flexibility index (Phi) is 16.4. The first-order valence-corrected chi connectivity index (χ1v) is 23.0. The summed E-state index contributed by atoms with van der Waals surface area (Å²) in [5.74, 6) is -0.400. The first-order valence-electron chi connectivity index (χ1n) is 20.2. The lowest BCUT2D eigenvalue weighted by Crippen LogP contribution is -2.52. The van der Waals surface area contributed by atoms with E-state index in [4.69, 9.17) is 14.5 Å². The van der Waals surface area contributed by atoms with Crippen LogP contribution in [0.4, 0.5) is 4.79 Å². The predicted molar refractivity (Wildman–Crippen MR) is 245 cm³/mol. The molecule has 0 bridgehead atoms. The fraction of sp³-hybridized carbons (Fsp3) is 0.404. The van der Waals surface area contributed by atoms with Crippen molar-refractivity contribution in [1.82, 2.24) is 15.6 Å². The molecule has 1 unspecified atom stereocenters. The molecule has 2 N–H and O–H groups in total. The molecule has 0 aliphatic carbocycles. The molecule has 60 heavy (non-hydrogen) atoms. The van der Waals surface area contributed by atoms with Crippen molar-refractivity contribution < 1.29 is 28.7 Å². The molecule has 0 spiro atoms. The molecule has 1 aliphatic heterocycles. The molecule has 0 saturated carbocycles. The van der Waals surface area contributed by atoms with E-state index in [2.05, 4.69) is 88.4 Å². The number of Topliss-reactive ketones (excluding diaryl/α,β-unsaturated/α-hetero) is 1. The topological polar surface area (TPSA) is 136 Å². The summed E-state index contributed by atoms with van der Waals surface area (Å²) < 4.78 is 9.88. The van der Waals surface area contributed by atoms with Crippen molar-refractivity contribution in [3.63, 3.8) is 0 Å². The summed E-state index contributed by atoms with van der Waals surface area (Å²) in [4.78, 5) is 61.9. The van der Waals surface area contributed by atoms with Gasteiger partial charge in [0.25, 0.3) is 0 Å². The first-order chi connectivity index (χ1) is 28.6. The van der Waals surface area contributed by atoms with Crippen LogP contribution in [0.3, 0.4) is 0 Å². The van der Waals surface area contributed by atoms with Gasteiger partial charge in [-0.05, 0) is 68.4 Å². The molecule has 2 amide bonds. The van der Waals surface area contributed by atoms with Crippen molar-refractivity contribution >= 4 is 63.7 Å². The molecule has 3 aromatic carbocycles. The minimum absolute atomic E-state index is 0.0392. The van der Waals surface area contributed by atoms with Gasteiger partial charge in [-0.25, -0.2) is 9.78 Å². The number of alkyl carbamates (subject to hydrolysis) is 1. The van der Waals surface area contributed by atoms with Crippen LogP contribution in [0.15, 0.2) is 114 Å². The third-order valence-corrected chi connectivity index (χ3v) is 13.6. The molecule has 2 heterocycles. The number of allylic oxidation sites excluding steroid dienone is 2. The third-order valence-electron chi connectivity index (χ3n) is 9.85. The number of ketones is 1. The molecular formula is C47H56N4O6S3. The van der Waals surface area contributed by atoms with Gasteiger partial charge in [-0.15, -0.1) is 34.9 Å². The Hall–Kier alpha value is -4.72. The maximum absolute atomic E-state index is 14.0. The number of thiazole rings is 1. The number of nitrogens with zero attached hydrogens (tertiary/aromatic N) is 2. The lowest BCUT2D eigenvalue weighted by Gasteiger charge is -2.35. The molecule has 10 nitrogen and oxygen atoms in total. The SMILES string of the molecule is COC(=O)CC(/C=C/CCSC(c1ccccc1)(c1ccccc1)c1ccccc1)CC(=O)[C@@H](NC(=O)[C@]1(C)CSC(c2csc(CNC(=O)OC(C)(C)C)n2)=N1)C(C)C. The summed E-state index contributed by atoms with van der Waals surface area (Å²) >= 11 is 4.66. The van der Waals surface area contributed by atoms with E-state index in [0.29, 0.717) is 27.9 Å². The average molecular weight is 869 g/mol. The molecule has 0 radical (unpaired) electrons. The van der Waals surface area contributed by atoms with Gasteiger partial charge in [0.1, 0.15) is 26.9 Å². The number of nitrogens with one attached hydrogen (secondary N) is 2. The van der Waals surface area contributed by atoms with Crippen molar-refractivity contribution in [2.45, 2.75) is 89.3 Å². The summed E-state index contributed by atoms with van der Waals surface area (Å²) in [6.07, 6.45) is 4.26. The summed E-state index contributed by atoms with van der Waals surface area (Å²) in [7, 11) is 1.34. The quantitative estimate of drug-likeness (QED) is 0.0409. The van der Waals surface area contributed by atoms with Crippen LogP contribution in [0.2, 0.25) is 0 Å². The number of aromatic nitrogens is 1. The Bertz CT molecular complexity index is 2020. The molecule has 4 aromatic rings. The molecule has 1 aliphatic rings. The standard InChI is InChI=1S/C47H56N4O6S3/c1-32(2)41(50-43(54)46(6)31-59-42(51-46)37-30-58-39(49-37)29-48-44(55)57-45(3,4)5)38(52)27-33(28-40(53)56-7)19-17-18-26-60-47(34-20-11-8-12-21-34,35-22-13-9-14-23-35)36-24-15-10-16-25-36/h8-17,19-25,30,32-33,41H,18,26-29,31H2,1-7H3,(H,48,55)(H,50,54)/b19-17+/t33?,41-,46-/m0/s1. The number of thioether (sulfide) groups is 2. The van der Waals surface area contributed by atoms with E-state index in [-0.39, 0.29) is 37.0 Å². The largest absolute Gasteiger partial charge is 0.469 e. The van der Waals surface area contributed by atoms with Crippen molar-refractivity contribution in [1.29, 1.82) is 0 Å². The zero-order valence-corrected chi connectivity index (χ0v) is 37.9. The van der Waals surface area contributed by atoms with Crippen LogP contribution in [-0.4, -0.2) is 69.6 Å². The zero-order chi connectivity index (χ0) is 43.3. The smallest absolute Gasteiger partial charge is 0.408 e. The lowest BCUT2D eigenvalue weighted by atomic mass is 9.84. The molecule has 318 valence electrons. The van der Waals surface area contributed by atoms with Crippen LogP contribution in [-0.2, 0) is 35.1 Å². The monoisotopic (exact) mass is 868 g/mol. The predicted octanol–water partition coefficient (Wildman–Crippen LogP) is 9.37. The van der Waals surface area contributed by atoms with E-state index in [1.807, 2.05) is 61.3 Å². The van der Waals surface area contributed by atoms with E-state index >= 15 is 0 Å². The van der Waals surface area contributed by atoms with Gasteiger partial charge < -0.3 is 20.1 Å². The second-order valence-corrected chi connectivity index (χ2v) is 19.4. The molecule has 0 saturated heterocycles. The van der Waals surface area contributed by atoms with Crippen LogP contribution < -0.4 is 10.6 Å². The van der Waals surface area contributed by atoms with Crippen LogP contribution in [0, 0.1) is 11.8 Å². The number of ether oxygens (including phenoxy) is 2. The van der Waals surface area contributed by atoms with Crippen LogP contribution in [0.5, 0.6) is 0 Å². The highest BCUT2D eigenvalue weighted by atomic mass is 32.2. The van der Waals surface area contributed by atoms with E-state index in [1.165, 1.54) is 46.9 Å². The Morgan fingerprint density at radius 1 is 0.900 bits per heavy atom. The van der Waals surface area contributed by atoms with Crippen LogP contribution >= 0.6 is 34.9 Å². The van der Waals surface area contributed by atoms with Crippen molar-refractivity contribution in [2.24, 2.45) is 16.8 Å². The number of carbonyl (C=O) groups is 4.